The van der Waals surface area contributed by atoms with E-state index in [4.69, 9.17) is 0 Å². The van der Waals surface area contributed by atoms with E-state index < -0.39 is 6.04 Å². The predicted octanol–water partition coefficient (Wildman–Crippen LogP) is 2.23. The largest absolute Gasteiger partial charge is 0.327 e. The van der Waals surface area contributed by atoms with Gasteiger partial charge in [-0.05, 0) is 18.9 Å². The summed E-state index contributed by atoms with van der Waals surface area (Å²) in [5, 5.41) is 5.71. The van der Waals surface area contributed by atoms with E-state index in [9.17, 15) is 14.4 Å². The molecule has 1 atom stereocenters. The number of pyridine rings is 1. The van der Waals surface area contributed by atoms with Crippen LogP contribution < -0.4 is 10.9 Å². The molecule has 0 radical (unpaired) electrons. The summed E-state index contributed by atoms with van der Waals surface area (Å²) >= 11 is 1.33. The van der Waals surface area contributed by atoms with Gasteiger partial charge >= 0.3 is 0 Å². The molecule has 0 saturated carbocycles. The van der Waals surface area contributed by atoms with Crippen LogP contribution in [-0.4, -0.2) is 39.3 Å². The van der Waals surface area contributed by atoms with Crippen molar-refractivity contribution in [1.82, 2.24) is 14.9 Å². The summed E-state index contributed by atoms with van der Waals surface area (Å²) in [4.78, 5) is 46.0. The van der Waals surface area contributed by atoms with Gasteiger partial charge in [-0.15, -0.1) is 11.3 Å². The van der Waals surface area contributed by atoms with Gasteiger partial charge in [-0.1, -0.05) is 18.2 Å². The van der Waals surface area contributed by atoms with Crippen LogP contribution in [0.15, 0.2) is 46.7 Å². The molecule has 7 nitrogen and oxygen atoms in total. The highest BCUT2D eigenvalue weighted by atomic mass is 32.1. The van der Waals surface area contributed by atoms with Crippen molar-refractivity contribution in [2.75, 3.05) is 11.9 Å². The minimum atomic E-state index is -0.565. The Kier molecular flexibility index (Phi) is 4.26. The first-order valence-electron chi connectivity index (χ1n) is 8.27. The topological polar surface area (TPSA) is 95.2 Å². The monoisotopic (exact) mass is 368 g/mol. The van der Waals surface area contributed by atoms with Gasteiger partial charge in [0.1, 0.15) is 6.04 Å². The second-order valence-electron chi connectivity index (χ2n) is 6.08. The maximum Gasteiger partial charge on any atom is 0.255 e. The molecule has 1 aliphatic rings. The molecule has 1 unspecified atom stereocenters. The molecule has 1 saturated heterocycles. The summed E-state index contributed by atoms with van der Waals surface area (Å²) < 4.78 is 0. The van der Waals surface area contributed by atoms with Crippen LogP contribution >= 0.6 is 11.3 Å². The highest BCUT2D eigenvalue weighted by molar-refractivity contribution is 7.13. The number of aromatic nitrogens is 2. The van der Waals surface area contributed by atoms with E-state index >= 15 is 0 Å². The molecule has 4 rings (SSSR count). The van der Waals surface area contributed by atoms with E-state index in [2.05, 4.69) is 15.3 Å². The van der Waals surface area contributed by atoms with Crippen LogP contribution in [0.1, 0.15) is 23.2 Å². The Morgan fingerprint density at radius 3 is 2.96 bits per heavy atom. The quantitative estimate of drug-likeness (QED) is 0.741. The van der Waals surface area contributed by atoms with Crippen LogP contribution in [0.5, 0.6) is 0 Å². The molecule has 1 aromatic carbocycles. The Bertz CT molecular complexity index is 1030. The average molecular weight is 368 g/mol. The highest BCUT2D eigenvalue weighted by Gasteiger charge is 2.35. The average Bonchev–Trinajstić information content (AvgIpc) is 3.32. The van der Waals surface area contributed by atoms with E-state index in [1.165, 1.54) is 17.4 Å². The highest BCUT2D eigenvalue weighted by Crippen LogP contribution is 2.24. The molecule has 8 heteroatoms. The second kappa shape index (κ2) is 6.72. The number of hydrogen-bond donors (Lipinski definition) is 2. The third-order valence-electron chi connectivity index (χ3n) is 4.46. The number of hydrogen-bond acceptors (Lipinski definition) is 5. The minimum absolute atomic E-state index is 0.250. The van der Waals surface area contributed by atoms with E-state index in [-0.39, 0.29) is 17.4 Å². The summed E-state index contributed by atoms with van der Waals surface area (Å²) in [5.41, 5.74) is 0.583. The summed E-state index contributed by atoms with van der Waals surface area (Å²) in [7, 11) is 0. The fraction of sp³-hybridized carbons (Fsp3) is 0.222. The zero-order valence-corrected chi connectivity index (χ0v) is 14.6. The Balaban J connectivity index is 1.65. The molecule has 0 spiro atoms. The number of rotatable bonds is 3. The van der Waals surface area contributed by atoms with Crippen LogP contribution in [0.25, 0.3) is 10.9 Å². The van der Waals surface area contributed by atoms with Crippen molar-refractivity contribution < 1.29 is 9.59 Å². The molecule has 3 aromatic rings. The van der Waals surface area contributed by atoms with E-state index in [0.717, 1.165) is 6.42 Å². The Morgan fingerprint density at radius 2 is 2.15 bits per heavy atom. The first kappa shape index (κ1) is 16.5. The van der Waals surface area contributed by atoms with Gasteiger partial charge in [0.25, 0.3) is 5.91 Å². The van der Waals surface area contributed by atoms with Crippen molar-refractivity contribution in [1.29, 1.82) is 0 Å². The maximum absolute atomic E-state index is 13.1. The smallest absolute Gasteiger partial charge is 0.255 e. The first-order valence-corrected chi connectivity index (χ1v) is 9.15. The number of carbonyl (C=O) groups excluding carboxylic acids is 2. The fourth-order valence-corrected chi connectivity index (χ4v) is 3.82. The summed E-state index contributed by atoms with van der Waals surface area (Å²) in [6, 6.07) is 7.90. The number of fused-ring (bicyclic) bond motifs is 1. The zero-order valence-electron chi connectivity index (χ0n) is 13.8. The lowest BCUT2D eigenvalue weighted by Gasteiger charge is -2.24. The molecule has 3 heterocycles. The number of benzene rings is 1. The molecule has 1 aliphatic heterocycles. The lowest BCUT2D eigenvalue weighted by atomic mass is 10.1. The molecule has 2 N–H and O–H groups in total. The van der Waals surface area contributed by atoms with Crippen molar-refractivity contribution >= 4 is 39.2 Å². The van der Waals surface area contributed by atoms with Gasteiger partial charge in [0.05, 0.1) is 5.56 Å². The van der Waals surface area contributed by atoms with Crippen LogP contribution in [0, 0.1) is 0 Å². The number of nitrogens with zero attached hydrogens (tertiary/aromatic N) is 2. The molecule has 0 bridgehead atoms. The standard InChI is InChI=1S/C18H16N4O3S/c23-15-10-12(11-4-1-2-5-13(11)20-15)17(25)22-8-3-6-14(22)16(24)21-18-19-7-9-26-18/h1-2,4-5,7,9-10,14H,3,6,8H2,(H,20,23)(H,19,21,24). The molecule has 2 aromatic heterocycles. The molecule has 0 aliphatic carbocycles. The summed E-state index contributed by atoms with van der Waals surface area (Å²) in [5.74, 6) is -0.552. The van der Waals surface area contributed by atoms with Gasteiger partial charge in [-0.2, -0.15) is 0 Å². The van der Waals surface area contributed by atoms with Gasteiger partial charge < -0.3 is 15.2 Å². The number of H-pyrrole nitrogens is 1. The summed E-state index contributed by atoms with van der Waals surface area (Å²) in [6.45, 7) is 0.482. The molecular formula is C18H16N4O3S. The van der Waals surface area contributed by atoms with E-state index in [1.54, 1.807) is 34.7 Å². The number of thiazole rings is 1. The van der Waals surface area contributed by atoms with Gasteiger partial charge in [-0.3, -0.25) is 14.4 Å². The molecule has 1 fully saturated rings. The van der Waals surface area contributed by atoms with E-state index in [1.807, 2.05) is 6.07 Å². The number of aromatic amines is 1. The Hall–Kier alpha value is -3.00. The number of anilines is 1. The zero-order chi connectivity index (χ0) is 18.1. The Morgan fingerprint density at radius 1 is 1.31 bits per heavy atom. The number of likely N-dealkylation sites (tertiary alicyclic amines) is 1. The van der Waals surface area contributed by atoms with E-state index in [0.29, 0.717) is 34.6 Å². The van der Waals surface area contributed by atoms with Crippen molar-refractivity contribution in [2.45, 2.75) is 18.9 Å². The number of para-hydroxylation sites is 1. The third-order valence-corrected chi connectivity index (χ3v) is 5.15. The lowest BCUT2D eigenvalue weighted by molar-refractivity contribution is -0.119. The van der Waals surface area contributed by atoms with Crippen molar-refractivity contribution in [2.24, 2.45) is 0 Å². The third kappa shape index (κ3) is 2.99. The molecule has 26 heavy (non-hydrogen) atoms. The maximum atomic E-state index is 13.1. The first-order chi connectivity index (χ1) is 12.6. The SMILES string of the molecule is O=C(Nc1nccs1)C1CCCN1C(=O)c1cc(=O)[nH]c2ccccc12. The van der Waals surface area contributed by atoms with Gasteiger partial charge in [0.2, 0.25) is 11.5 Å². The van der Waals surface area contributed by atoms with Gasteiger partial charge in [-0.25, -0.2) is 4.98 Å². The van der Waals surface area contributed by atoms with Crippen LogP contribution in [-0.2, 0) is 4.79 Å². The van der Waals surface area contributed by atoms with Crippen LogP contribution in [0.2, 0.25) is 0 Å². The van der Waals surface area contributed by atoms with Crippen LogP contribution in [0.4, 0.5) is 5.13 Å². The molecule has 132 valence electrons. The lowest BCUT2D eigenvalue weighted by Crippen LogP contribution is -2.43. The molecular weight excluding hydrogens is 352 g/mol. The van der Waals surface area contributed by atoms with Gasteiger partial charge in [0, 0.05) is 35.1 Å². The fourth-order valence-electron chi connectivity index (χ4n) is 3.29. The van der Waals surface area contributed by atoms with Crippen LogP contribution in [0.3, 0.4) is 0 Å². The normalized spacial score (nSPS) is 16.8. The predicted molar refractivity (Wildman–Crippen MR) is 99.4 cm³/mol. The van der Waals surface area contributed by atoms with Crippen molar-refractivity contribution in [3.05, 3.63) is 57.8 Å². The molecule has 2 amide bonds. The minimum Gasteiger partial charge on any atom is -0.327 e. The van der Waals surface area contributed by atoms with Crippen molar-refractivity contribution in [3.63, 3.8) is 0 Å². The number of carbonyl (C=O) groups is 2. The summed E-state index contributed by atoms with van der Waals surface area (Å²) in [6.07, 6.45) is 2.94. The van der Waals surface area contributed by atoms with Crippen molar-refractivity contribution in [3.8, 4) is 0 Å². The second-order valence-corrected chi connectivity index (χ2v) is 6.97. The van der Waals surface area contributed by atoms with Gasteiger partial charge in [0.15, 0.2) is 5.13 Å². The number of amides is 2. The Labute approximate surface area is 152 Å². The number of nitrogens with one attached hydrogen (secondary N) is 2.